The van der Waals surface area contributed by atoms with Gasteiger partial charge in [0.25, 0.3) is 0 Å². The minimum absolute atomic E-state index is 0.0765. The zero-order valence-corrected chi connectivity index (χ0v) is 20.5. The highest BCUT2D eigenvalue weighted by Crippen LogP contribution is 2.40. The van der Waals surface area contributed by atoms with Gasteiger partial charge in [-0.1, -0.05) is 25.9 Å². The van der Waals surface area contributed by atoms with Crippen LogP contribution >= 0.6 is 0 Å². The molecule has 0 aromatic carbocycles. The van der Waals surface area contributed by atoms with E-state index in [1.54, 1.807) is 0 Å². The van der Waals surface area contributed by atoms with Gasteiger partial charge in [-0.25, -0.2) is 4.98 Å². The Morgan fingerprint density at radius 2 is 1.88 bits per heavy atom. The normalized spacial score (nSPS) is 23.4. The molecule has 1 aliphatic carbocycles. The molecule has 0 atom stereocenters. The summed E-state index contributed by atoms with van der Waals surface area (Å²) in [7, 11) is 0. The molecule has 2 aliphatic rings. The maximum absolute atomic E-state index is 11.7. The van der Waals surface area contributed by atoms with Crippen molar-refractivity contribution in [3.8, 4) is 0 Å². The number of pyridine rings is 1. The lowest BCUT2D eigenvalue weighted by Crippen LogP contribution is -2.44. The SMILES string of the molecule is CC(=O)NCc1c(/C=N\O)c2cccnc2n1C1CCN(C2CCC(C(C)(C)C)CC2)CC1. The largest absolute Gasteiger partial charge is 0.411 e. The summed E-state index contributed by atoms with van der Waals surface area (Å²) in [6.07, 6.45) is 10.7. The summed E-state index contributed by atoms with van der Waals surface area (Å²) in [6, 6.07) is 4.94. The van der Waals surface area contributed by atoms with Crippen molar-refractivity contribution in [3.05, 3.63) is 29.6 Å². The van der Waals surface area contributed by atoms with Crippen LogP contribution in [0, 0.1) is 11.3 Å². The number of carbonyl (C=O) groups is 1. The summed E-state index contributed by atoms with van der Waals surface area (Å²) in [4.78, 5) is 19.1. The predicted octanol–water partition coefficient (Wildman–Crippen LogP) is 4.72. The summed E-state index contributed by atoms with van der Waals surface area (Å²) in [6.45, 7) is 11.2. The third-order valence-electron chi connectivity index (χ3n) is 7.90. The summed E-state index contributed by atoms with van der Waals surface area (Å²) >= 11 is 0. The number of oxime groups is 1. The zero-order valence-electron chi connectivity index (χ0n) is 20.5. The maximum Gasteiger partial charge on any atom is 0.217 e. The maximum atomic E-state index is 11.7. The molecule has 1 saturated heterocycles. The van der Waals surface area contributed by atoms with Crippen LogP contribution in [-0.2, 0) is 11.3 Å². The molecule has 2 aromatic heterocycles. The molecule has 2 N–H and O–H groups in total. The van der Waals surface area contributed by atoms with E-state index < -0.39 is 0 Å². The Morgan fingerprint density at radius 3 is 2.48 bits per heavy atom. The van der Waals surface area contributed by atoms with Crippen molar-refractivity contribution < 1.29 is 10.0 Å². The third kappa shape index (κ3) is 5.08. The first-order valence-electron chi connectivity index (χ1n) is 12.4. The molecule has 180 valence electrons. The minimum atomic E-state index is -0.0765. The summed E-state index contributed by atoms with van der Waals surface area (Å²) < 4.78 is 2.29. The lowest BCUT2D eigenvalue weighted by molar-refractivity contribution is -0.119. The molecule has 0 unspecified atom stereocenters. The Morgan fingerprint density at radius 1 is 1.18 bits per heavy atom. The van der Waals surface area contributed by atoms with Crippen LogP contribution in [0.3, 0.4) is 0 Å². The Labute approximate surface area is 197 Å². The molecule has 3 heterocycles. The first kappa shape index (κ1) is 23.7. The molecule has 1 aliphatic heterocycles. The fourth-order valence-corrected chi connectivity index (χ4v) is 6.01. The van der Waals surface area contributed by atoms with E-state index in [1.165, 1.54) is 38.8 Å². The lowest BCUT2D eigenvalue weighted by Gasteiger charge is -2.43. The third-order valence-corrected chi connectivity index (χ3v) is 7.90. The van der Waals surface area contributed by atoms with Crippen LogP contribution in [0.5, 0.6) is 0 Å². The predicted molar refractivity (Wildman–Crippen MR) is 132 cm³/mol. The van der Waals surface area contributed by atoms with Gasteiger partial charge < -0.3 is 20.0 Å². The van der Waals surface area contributed by atoms with E-state index in [0.717, 1.165) is 54.1 Å². The highest BCUT2D eigenvalue weighted by molar-refractivity contribution is 5.99. The van der Waals surface area contributed by atoms with Gasteiger partial charge >= 0.3 is 0 Å². The molecule has 0 spiro atoms. The van der Waals surface area contributed by atoms with Crippen molar-refractivity contribution in [1.82, 2.24) is 19.8 Å². The Hall–Kier alpha value is -2.41. The molecule has 2 fully saturated rings. The lowest BCUT2D eigenvalue weighted by atomic mass is 9.71. The number of nitrogens with zero attached hydrogens (tertiary/aromatic N) is 4. The fourth-order valence-electron chi connectivity index (χ4n) is 6.01. The van der Waals surface area contributed by atoms with Gasteiger partial charge in [0.2, 0.25) is 5.91 Å². The number of aromatic nitrogens is 2. The monoisotopic (exact) mass is 453 g/mol. The topological polar surface area (TPSA) is 82.7 Å². The zero-order chi connectivity index (χ0) is 23.6. The molecule has 7 nitrogen and oxygen atoms in total. The van der Waals surface area contributed by atoms with Crippen molar-refractivity contribution >= 4 is 23.2 Å². The van der Waals surface area contributed by atoms with E-state index in [0.29, 0.717) is 24.0 Å². The van der Waals surface area contributed by atoms with Crippen molar-refractivity contribution in [3.63, 3.8) is 0 Å². The van der Waals surface area contributed by atoms with Crippen LogP contribution in [0.2, 0.25) is 0 Å². The second kappa shape index (κ2) is 9.84. The molecular weight excluding hydrogens is 414 g/mol. The van der Waals surface area contributed by atoms with E-state index in [-0.39, 0.29) is 5.91 Å². The molecule has 7 heteroatoms. The van der Waals surface area contributed by atoms with Crippen molar-refractivity contribution in [2.45, 2.75) is 84.8 Å². The molecule has 1 saturated carbocycles. The minimum Gasteiger partial charge on any atom is -0.411 e. The molecule has 0 bridgehead atoms. The first-order chi connectivity index (χ1) is 15.8. The van der Waals surface area contributed by atoms with Crippen molar-refractivity contribution in [1.29, 1.82) is 0 Å². The van der Waals surface area contributed by atoms with Gasteiger partial charge in [-0.05, 0) is 62.0 Å². The molecule has 2 aromatic rings. The number of amides is 1. The quantitative estimate of drug-likeness (QED) is 0.390. The number of piperidine rings is 1. The summed E-state index contributed by atoms with van der Waals surface area (Å²) in [5, 5.41) is 16.5. The second-order valence-electron chi connectivity index (χ2n) is 10.9. The van der Waals surface area contributed by atoms with Crippen LogP contribution in [0.25, 0.3) is 11.0 Å². The average molecular weight is 454 g/mol. The van der Waals surface area contributed by atoms with E-state index in [9.17, 15) is 10.0 Å². The number of nitrogens with one attached hydrogen (secondary N) is 1. The van der Waals surface area contributed by atoms with Gasteiger partial charge in [0, 0.05) is 54.9 Å². The Balaban J connectivity index is 1.52. The van der Waals surface area contributed by atoms with Gasteiger partial charge in [0.1, 0.15) is 5.65 Å². The number of likely N-dealkylation sites (tertiary alicyclic amines) is 1. The Kier molecular flexibility index (Phi) is 7.07. The highest BCUT2D eigenvalue weighted by Gasteiger charge is 2.34. The fraction of sp³-hybridized carbons (Fsp3) is 0.654. The van der Waals surface area contributed by atoms with E-state index in [2.05, 4.69) is 45.7 Å². The number of fused-ring (bicyclic) bond motifs is 1. The molecule has 0 radical (unpaired) electrons. The van der Waals surface area contributed by atoms with E-state index in [1.807, 2.05) is 18.3 Å². The van der Waals surface area contributed by atoms with E-state index in [4.69, 9.17) is 0 Å². The van der Waals surface area contributed by atoms with Gasteiger partial charge in [0.05, 0.1) is 12.8 Å². The summed E-state index contributed by atoms with van der Waals surface area (Å²) in [5.41, 5.74) is 3.11. The van der Waals surface area contributed by atoms with Crippen molar-refractivity contribution in [2.75, 3.05) is 13.1 Å². The standard InChI is InChI=1S/C26H39N5O2/c1-18(32)28-17-24-23(16-29-33)22-6-5-13-27-25(22)31(24)21-11-14-30(15-12-21)20-9-7-19(8-10-20)26(2,3)4/h5-6,13,16,19-21,33H,7-12,14-15,17H2,1-4H3,(H,28,32)/b29-16-. The molecule has 4 rings (SSSR count). The van der Waals surface area contributed by atoms with Crippen LogP contribution in [0.4, 0.5) is 0 Å². The number of rotatable bonds is 5. The van der Waals surface area contributed by atoms with Gasteiger partial charge in [-0.15, -0.1) is 0 Å². The second-order valence-corrected chi connectivity index (χ2v) is 10.9. The van der Waals surface area contributed by atoms with Crippen LogP contribution in [0.15, 0.2) is 23.5 Å². The summed E-state index contributed by atoms with van der Waals surface area (Å²) in [5.74, 6) is 0.763. The van der Waals surface area contributed by atoms with Gasteiger partial charge in [0.15, 0.2) is 0 Å². The van der Waals surface area contributed by atoms with Gasteiger partial charge in [-0.3, -0.25) is 4.79 Å². The Bertz CT molecular complexity index is 990. The van der Waals surface area contributed by atoms with E-state index >= 15 is 0 Å². The van der Waals surface area contributed by atoms with Crippen LogP contribution in [0.1, 0.15) is 83.5 Å². The van der Waals surface area contributed by atoms with Crippen LogP contribution < -0.4 is 5.32 Å². The highest BCUT2D eigenvalue weighted by atomic mass is 16.4. The van der Waals surface area contributed by atoms with Gasteiger partial charge in [-0.2, -0.15) is 0 Å². The molecule has 1 amide bonds. The first-order valence-corrected chi connectivity index (χ1v) is 12.4. The number of hydrogen-bond acceptors (Lipinski definition) is 5. The average Bonchev–Trinajstić information content (AvgIpc) is 3.11. The van der Waals surface area contributed by atoms with Crippen LogP contribution in [-0.4, -0.2) is 50.9 Å². The molecular formula is C26H39N5O2. The number of carbonyl (C=O) groups excluding carboxylic acids is 1. The van der Waals surface area contributed by atoms with Crippen molar-refractivity contribution in [2.24, 2.45) is 16.5 Å². The smallest absolute Gasteiger partial charge is 0.217 e. The molecule has 33 heavy (non-hydrogen) atoms. The number of hydrogen-bond donors (Lipinski definition) is 2.